The molecule has 0 aliphatic carbocycles. The summed E-state index contributed by atoms with van der Waals surface area (Å²) >= 11 is 0. The molecule has 94 valence electrons. The van der Waals surface area contributed by atoms with E-state index in [2.05, 4.69) is 5.32 Å². The van der Waals surface area contributed by atoms with Gasteiger partial charge < -0.3 is 16.2 Å². The number of phenols is 1. The maximum absolute atomic E-state index is 12.0. The summed E-state index contributed by atoms with van der Waals surface area (Å²) in [5, 5.41) is 12.4. The molecular formula is C13H20N2O2. The second-order valence-corrected chi connectivity index (χ2v) is 4.97. The van der Waals surface area contributed by atoms with Crippen LogP contribution in [0, 0.1) is 6.92 Å². The average molecular weight is 236 g/mol. The lowest BCUT2D eigenvalue weighted by atomic mass is 9.96. The van der Waals surface area contributed by atoms with Crippen molar-refractivity contribution in [3.05, 3.63) is 29.3 Å². The second-order valence-electron chi connectivity index (χ2n) is 4.97. The highest BCUT2D eigenvalue weighted by Gasteiger charge is 2.25. The van der Waals surface area contributed by atoms with E-state index >= 15 is 0 Å². The summed E-state index contributed by atoms with van der Waals surface area (Å²) in [6, 6.07) is 4.69. The van der Waals surface area contributed by atoms with Crippen LogP contribution in [0.2, 0.25) is 0 Å². The van der Waals surface area contributed by atoms with Crippen LogP contribution in [0.25, 0.3) is 0 Å². The van der Waals surface area contributed by atoms with Crippen LogP contribution in [0.4, 0.5) is 0 Å². The average Bonchev–Trinajstić information content (AvgIpc) is 2.21. The zero-order chi connectivity index (χ0) is 13.2. The number of benzene rings is 1. The first-order chi connectivity index (χ1) is 7.74. The Kier molecular flexibility index (Phi) is 3.78. The Morgan fingerprint density at radius 1 is 1.47 bits per heavy atom. The van der Waals surface area contributed by atoms with Gasteiger partial charge in [-0.15, -0.1) is 0 Å². The van der Waals surface area contributed by atoms with Crippen molar-refractivity contribution >= 4 is 5.91 Å². The molecule has 1 aromatic carbocycles. The van der Waals surface area contributed by atoms with E-state index in [9.17, 15) is 9.90 Å². The fourth-order valence-electron chi connectivity index (χ4n) is 1.23. The van der Waals surface area contributed by atoms with Gasteiger partial charge in [-0.2, -0.15) is 0 Å². The third-order valence-corrected chi connectivity index (χ3v) is 3.05. The first kappa shape index (κ1) is 13.5. The van der Waals surface area contributed by atoms with Gasteiger partial charge >= 0.3 is 0 Å². The Labute approximate surface area is 102 Å². The summed E-state index contributed by atoms with van der Waals surface area (Å²) in [6.07, 6.45) is 0. The molecule has 0 aliphatic heterocycles. The van der Waals surface area contributed by atoms with Gasteiger partial charge in [0.05, 0.1) is 0 Å². The van der Waals surface area contributed by atoms with Gasteiger partial charge in [0.15, 0.2) is 0 Å². The standard InChI is InChI=1S/C13H20N2O2/c1-8-5-6-10(7-11(8)16)12(17)15-13(3,4)9(2)14/h5-7,9,16H,14H2,1-4H3,(H,15,17). The highest BCUT2D eigenvalue weighted by Crippen LogP contribution is 2.18. The minimum atomic E-state index is -0.489. The molecule has 0 saturated heterocycles. The van der Waals surface area contributed by atoms with Gasteiger partial charge in [-0.3, -0.25) is 4.79 Å². The number of hydrogen-bond acceptors (Lipinski definition) is 3. The van der Waals surface area contributed by atoms with E-state index in [1.165, 1.54) is 6.07 Å². The van der Waals surface area contributed by atoms with E-state index in [0.29, 0.717) is 5.56 Å². The quantitative estimate of drug-likeness (QED) is 0.745. The molecule has 0 aromatic heterocycles. The van der Waals surface area contributed by atoms with Crippen LogP contribution in [0.1, 0.15) is 36.7 Å². The summed E-state index contributed by atoms with van der Waals surface area (Å²) in [4.78, 5) is 12.0. The molecule has 4 N–H and O–H groups in total. The molecule has 0 bridgehead atoms. The van der Waals surface area contributed by atoms with Crippen molar-refractivity contribution in [3.63, 3.8) is 0 Å². The van der Waals surface area contributed by atoms with E-state index in [1.807, 2.05) is 20.8 Å². The lowest BCUT2D eigenvalue weighted by molar-refractivity contribution is 0.0903. The van der Waals surface area contributed by atoms with Crippen molar-refractivity contribution in [1.29, 1.82) is 0 Å². The first-order valence-corrected chi connectivity index (χ1v) is 5.62. The SMILES string of the molecule is Cc1ccc(C(=O)NC(C)(C)C(C)N)cc1O. The molecule has 1 amide bonds. The zero-order valence-electron chi connectivity index (χ0n) is 10.7. The van der Waals surface area contributed by atoms with E-state index in [4.69, 9.17) is 5.73 Å². The maximum atomic E-state index is 12.0. The molecule has 1 atom stereocenters. The van der Waals surface area contributed by atoms with Crippen LogP contribution in [0.5, 0.6) is 5.75 Å². The Morgan fingerprint density at radius 3 is 2.53 bits per heavy atom. The highest BCUT2D eigenvalue weighted by molar-refractivity contribution is 5.95. The Balaban J connectivity index is 2.87. The first-order valence-electron chi connectivity index (χ1n) is 5.62. The number of aromatic hydroxyl groups is 1. The van der Waals surface area contributed by atoms with Crippen molar-refractivity contribution in [2.75, 3.05) is 0 Å². The molecule has 1 rings (SSSR count). The van der Waals surface area contributed by atoms with Gasteiger partial charge in [0.1, 0.15) is 5.75 Å². The van der Waals surface area contributed by atoms with Crippen LogP contribution in [0.3, 0.4) is 0 Å². The maximum Gasteiger partial charge on any atom is 0.251 e. The molecule has 17 heavy (non-hydrogen) atoms. The molecule has 0 fully saturated rings. The normalized spacial score (nSPS) is 13.2. The van der Waals surface area contributed by atoms with E-state index in [0.717, 1.165) is 5.56 Å². The van der Waals surface area contributed by atoms with E-state index in [1.54, 1.807) is 19.1 Å². The van der Waals surface area contributed by atoms with Crippen molar-refractivity contribution < 1.29 is 9.90 Å². The molecule has 4 nitrogen and oxygen atoms in total. The van der Waals surface area contributed by atoms with Crippen molar-refractivity contribution in [3.8, 4) is 5.75 Å². The van der Waals surface area contributed by atoms with Crippen LogP contribution >= 0.6 is 0 Å². The number of hydrogen-bond donors (Lipinski definition) is 3. The van der Waals surface area contributed by atoms with Gasteiger partial charge in [-0.05, 0) is 45.4 Å². The van der Waals surface area contributed by atoms with Crippen molar-refractivity contribution in [1.82, 2.24) is 5.32 Å². The minimum Gasteiger partial charge on any atom is -0.508 e. The van der Waals surface area contributed by atoms with Gasteiger partial charge in [0.25, 0.3) is 5.91 Å². The number of nitrogens with one attached hydrogen (secondary N) is 1. The van der Waals surface area contributed by atoms with Gasteiger partial charge in [-0.1, -0.05) is 6.07 Å². The predicted octanol–water partition coefficient (Wildman–Crippen LogP) is 1.56. The van der Waals surface area contributed by atoms with Crippen LogP contribution in [0.15, 0.2) is 18.2 Å². The van der Waals surface area contributed by atoms with Gasteiger partial charge in [0.2, 0.25) is 0 Å². The molecule has 0 saturated carbocycles. The minimum absolute atomic E-state index is 0.122. The monoisotopic (exact) mass is 236 g/mol. The predicted molar refractivity (Wildman–Crippen MR) is 68.0 cm³/mol. The number of amides is 1. The summed E-state index contributed by atoms with van der Waals surface area (Å²) in [5.74, 6) is -0.112. The number of carbonyl (C=O) groups excluding carboxylic acids is 1. The van der Waals surface area contributed by atoms with Crippen molar-refractivity contribution in [2.45, 2.75) is 39.3 Å². The smallest absolute Gasteiger partial charge is 0.251 e. The third-order valence-electron chi connectivity index (χ3n) is 3.05. The molecule has 1 aromatic rings. The summed E-state index contributed by atoms with van der Waals surface area (Å²) in [6.45, 7) is 7.35. The van der Waals surface area contributed by atoms with Crippen LogP contribution in [-0.4, -0.2) is 22.6 Å². The lowest BCUT2D eigenvalue weighted by Crippen LogP contribution is -2.54. The number of aryl methyl sites for hydroxylation is 1. The zero-order valence-corrected chi connectivity index (χ0v) is 10.7. The third kappa shape index (κ3) is 3.20. The highest BCUT2D eigenvalue weighted by atomic mass is 16.3. The van der Waals surface area contributed by atoms with E-state index in [-0.39, 0.29) is 17.7 Å². The van der Waals surface area contributed by atoms with Gasteiger partial charge in [-0.25, -0.2) is 0 Å². The molecule has 0 aliphatic rings. The molecule has 4 heteroatoms. The Morgan fingerprint density at radius 2 is 2.06 bits per heavy atom. The van der Waals surface area contributed by atoms with Crippen LogP contribution < -0.4 is 11.1 Å². The molecule has 0 radical (unpaired) electrons. The summed E-state index contributed by atoms with van der Waals surface area (Å²) < 4.78 is 0. The fourth-order valence-corrected chi connectivity index (χ4v) is 1.23. The molecular weight excluding hydrogens is 216 g/mol. The summed E-state index contributed by atoms with van der Waals surface area (Å²) in [7, 11) is 0. The number of phenolic OH excluding ortho intramolecular Hbond substituents is 1. The van der Waals surface area contributed by atoms with Gasteiger partial charge in [0, 0.05) is 17.1 Å². The van der Waals surface area contributed by atoms with E-state index < -0.39 is 5.54 Å². The Bertz CT molecular complexity index is 425. The lowest BCUT2D eigenvalue weighted by Gasteiger charge is -2.30. The number of rotatable bonds is 3. The summed E-state index contributed by atoms with van der Waals surface area (Å²) in [5.41, 5.74) is 6.47. The van der Waals surface area contributed by atoms with Crippen LogP contribution in [-0.2, 0) is 0 Å². The number of carbonyl (C=O) groups is 1. The largest absolute Gasteiger partial charge is 0.508 e. The molecule has 0 spiro atoms. The Hall–Kier alpha value is -1.55. The number of nitrogens with two attached hydrogens (primary N) is 1. The topological polar surface area (TPSA) is 75.4 Å². The van der Waals surface area contributed by atoms with Crippen molar-refractivity contribution in [2.24, 2.45) is 5.73 Å². The second kappa shape index (κ2) is 4.75. The molecule has 1 unspecified atom stereocenters. The fraction of sp³-hybridized carbons (Fsp3) is 0.462. The molecule has 0 heterocycles.